The van der Waals surface area contributed by atoms with E-state index in [9.17, 15) is 35.9 Å². The first-order chi connectivity index (χ1) is 21.9. The van der Waals surface area contributed by atoms with Crippen molar-refractivity contribution in [3.63, 3.8) is 0 Å². The molecule has 4 aromatic rings. The van der Waals surface area contributed by atoms with E-state index in [1.165, 1.54) is 18.2 Å². The van der Waals surface area contributed by atoms with E-state index in [2.05, 4.69) is 20.6 Å². The van der Waals surface area contributed by atoms with Gasteiger partial charge in [-0.15, -0.1) is 0 Å². The maximum absolute atomic E-state index is 13.4. The number of carbonyl (C=O) groups is 1. The topological polar surface area (TPSA) is 125 Å². The van der Waals surface area contributed by atoms with Crippen LogP contribution in [0.2, 0.25) is 0 Å². The summed E-state index contributed by atoms with van der Waals surface area (Å²) in [5.74, 6) is -1.07. The number of carbonyl (C=O) groups excluding carboxylic acids is 1. The van der Waals surface area contributed by atoms with Crippen LogP contribution in [-0.4, -0.2) is 58.9 Å². The number of benzene rings is 3. The number of nitrogens with one attached hydrogen (secondary N) is 2. The summed E-state index contributed by atoms with van der Waals surface area (Å²) in [5, 5.41) is 15.8. The van der Waals surface area contributed by atoms with E-state index in [4.69, 9.17) is 0 Å². The van der Waals surface area contributed by atoms with Crippen molar-refractivity contribution < 1.29 is 35.9 Å². The molecule has 1 fully saturated rings. The number of aliphatic hydroxyl groups excluding tert-OH is 1. The molecule has 5 rings (SSSR count). The number of aliphatic hydroxyl groups is 1. The SMILES string of the molecule is O=C(NCc1cc(-c2ccc(C(F)(F)F)cc2)nc(NC(CO)Cc2ccccc2)n1)[C@@H]1CCCN1S(=O)(=O)c1ccc(F)cc1. The molecule has 0 spiro atoms. The fourth-order valence-electron chi connectivity index (χ4n) is 5.20. The van der Waals surface area contributed by atoms with E-state index in [-0.39, 0.29) is 42.7 Å². The Labute approximate surface area is 263 Å². The molecule has 3 aromatic carbocycles. The molecule has 1 unspecified atom stereocenters. The third kappa shape index (κ3) is 7.87. The van der Waals surface area contributed by atoms with Crippen LogP contribution in [0.25, 0.3) is 11.3 Å². The Balaban J connectivity index is 1.37. The Morgan fingerprint density at radius 3 is 2.35 bits per heavy atom. The van der Waals surface area contributed by atoms with Crippen LogP contribution in [0.4, 0.5) is 23.5 Å². The first kappa shape index (κ1) is 33.0. The average Bonchev–Trinajstić information content (AvgIpc) is 3.55. The minimum Gasteiger partial charge on any atom is -0.394 e. The molecule has 1 saturated heterocycles. The second kappa shape index (κ2) is 13.9. The zero-order chi connectivity index (χ0) is 32.9. The molecule has 14 heteroatoms. The van der Waals surface area contributed by atoms with Gasteiger partial charge in [-0.05, 0) is 67.3 Å². The highest BCUT2D eigenvalue weighted by Crippen LogP contribution is 2.31. The smallest absolute Gasteiger partial charge is 0.394 e. The number of nitrogens with zero attached hydrogens (tertiary/aromatic N) is 3. The number of rotatable bonds is 11. The Kier molecular flexibility index (Phi) is 9.99. The van der Waals surface area contributed by atoms with E-state index in [0.29, 0.717) is 24.1 Å². The summed E-state index contributed by atoms with van der Waals surface area (Å²) in [7, 11) is -4.07. The molecule has 1 aliphatic rings. The van der Waals surface area contributed by atoms with E-state index in [1.807, 2.05) is 30.3 Å². The summed E-state index contributed by atoms with van der Waals surface area (Å²) in [6, 6.07) is 18.2. The van der Waals surface area contributed by atoms with E-state index in [0.717, 1.165) is 46.3 Å². The van der Waals surface area contributed by atoms with Crippen LogP contribution >= 0.6 is 0 Å². The molecule has 1 amide bonds. The standard InChI is InChI=1S/C32H31F4N5O4S/c33-24-12-14-27(15-13-24)46(44,45)41-16-4-7-29(41)30(43)37-19-25-18-28(22-8-10-23(11-9-22)32(34,35)36)40-31(38-25)39-26(20-42)17-21-5-2-1-3-6-21/h1-3,5-6,8-15,18,26,29,42H,4,7,16-17,19-20H2,(H,37,43)(H,38,39,40)/t26?,29-/m0/s1. The lowest BCUT2D eigenvalue weighted by Gasteiger charge is -2.23. The molecule has 0 radical (unpaired) electrons. The van der Waals surface area contributed by atoms with Gasteiger partial charge in [0, 0.05) is 12.1 Å². The number of sulfonamides is 1. The fraction of sp³-hybridized carbons (Fsp3) is 0.281. The largest absolute Gasteiger partial charge is 0.416 e. The van der Waals surface area contributed by atoms with Gasteiger partial charge in [0.2, 0.25) is 21.9 Å². The molecule has 2 atom stereocenters. The molecule has 1 aliphatic heterocycles. The van der Waals surface area contributed by atoms with Crippen molar-refractivity contribution >= 4 is 21.9 Å². The lowest BCUT2D eigenvalue weighted by molar-refractivity contribution is -0.137. The zero-order valence-corrected chi connectivity index (χ0v) is 25.2. The third-order valence-corrected chi connectivity index (χ3v) is 9.46. The van der Waals surface area contributed by atoms with Crippen LogP contribution in [0.15, 0.2) is 89.8 Å². The van der Waals surface area contributed by atoms with Crippen molar-refractivity contribution in [2.75, 3.05) is 18.5 Å². The highest BCUT2D eigenvalue weighted by molar-refractivity contribution is 7.89. The summed E-state index contributed by atoms with van der Waals surface area (Å²) in [6.07, 6.45) is -3.37. The van der Waals surface area contributed by atoms with Crippen LogP contribution in [0.3, 0.4) is 0 Å². The Hall–Kier alpha value is -4.40. The number of hydrogen-bond acceptors (Lipinski definition) is 7. The molecule has 242 valence electrons. The molecule has 2 heterocycles. The number of anilines is 1. The fourth-order valence-corrected chi connectivity index (χ4v) is 6.86. The van der Waals surface area contributed by atoms with Gasteiger partial charge in [0.1, 0.15) is 11.9 Å². The minimum atomic E-state index is -4.52. The third-order valence-electron chi connectivity index (χ3n) is 7.54. The van der Waals surface area contributed by atoms with Crippen LogP contribution in [0.5, 0.6) is 0 Å². The average molecular weight is 658 g/mol. The molecule has 46 heavy (non-hydrogen) atoms. The summed E-state index contributed by atoms with van der Waals surface area (Å²) in [4.78, 5) is 22.1. The van der Waals surface area contributed by atoms with E-state index in [1.54, 1.807) is 0 Å². The molecule has 9 nitrogen and oxygen atoms in total. The number of hydrogen-bond donors (Lipinski definition) is 3. The Bertz CT molecular complexity index is 1760. The first-order valence-electron chi connectivity index (χ1n) is 14.5. The van der Waals surface area contributed by atoms with Gasteiger partial charge in [0.05, 0.1) is 41.0 Å². The maximum atomic E-state index is 13.4. The number of aromatic nitrogens is 2. The summed E-state index contributed by atoms with van der Waals surface area (Å²) >= 11 is 0. The number of halogens is 4. The van der Waals surface area contributed by atoms with Gasteiger partial charge in [-0.2, -0.15) is 17.5 Å². The van der Waals surface area contributed by atoms with Crippen molar-refractivity contribution in [2.45, 2.75) is 49.0 Å². The monoisotopic (exact) mass is 657 g/mol. The predicted octanol–water partition coefficient (Wildman–Crippen LogP) is 4.79. The Morgan fingerprint density at radius 2 is 1.70 bits per heavy atom. The highest BCUT2D eigenvalue weighted by Gasteiger charge is 2.39. The van der Waals surface area contributed by atoms with Crippen LogP contribution in [-0.2, 0) is 34.0 Å². The molecular weight excluding hydrogens is 626 g/mol. The van der Waals surface area contributed by atoms with Gasteiger partial charge < -0.3 is 15.7 Å². The Morgan fingerprint density at radius 1 is 1.00 bits per heavy atom. The van der Waals surface area contributed by atoms with Gasteiger partial charge in [-0.1, -0.05) is 42.5 Å². The number of alkyl halides is 3. The van der Waals surface area contributed by atoms with Crippen molar-refractivity contribution in [3.05, 3.63) is 108 Å². The first-order valence-corrected chi connectivity index (χ1v) is 15.9. The second-order valence-electron chi connectivity index (χ2n) is 10.8. The zero-order valence-electron chi connectivity index (χ0n) is 24.4. The lowest BCUT2D eigenvalue weighted by atomic mass is 10.1. The predicted molar refractivity (Wildman–Crippen MR) is 162 cm³/mol. The molecular formula is C32H31F4N5O4S. The second-order valence-corrected chi connectivity index (χ2v) is 12.7. The molecule has 3 N–H and O–H groups in total. The summed E-state index contributed by atoms with van der Waals surface area (Å²) in [5.41, 5.74) is 1.05. The molecule has 0 saturated carbocycles. The van der Waals surface area contributed by atoms with Crippen LogP contribution in [0.1, 0.15) is 29.7 Å². The lowest BCUT2D eigenvalue weighted by Crippen LogP contribution is -2.45. The van der Waals surface area contributed by atoms with Crippen molar-refractivity contribution in [1.29, 1.82) is 0 Å². The van der Waals surface area contributed by atoms with Crippen molar-refractivity contribution in [1.82, 2.24) is 19.6 Å². The normalized spacial score (nSPS) is 16.2. The van der Waals surface area contributed by atoms with Gasteiger partial charge in [-0.3, -0.25) is 4.79 Å². The van der Waals surface area contributed by atoms with Crippen molar-refractivity contribution in [2.24, 2.45) is 0 Å². The molecule has 0 bridgehead atoms. The van der Waals surface area contributed by atoms with E-state index >= 15 is 0 Å². The minimum absolute atomic E-state index is 0.0815. The number of amides is 1. The van der Waals surface area contributed by atoms with Gasteiger partial charge in [0.25, 0.3) is 0 Å². The van der Waals surface area contributed by atoms with Crippen LogP contribution < -0.4 is 10.6 Å². The molecule has 0 aliphatic carbocycles. The van der Waals surface area contributed by atoms with Crippen molar-refractivity contribution in [3.8, 4) is 11.3 Å². The van der Waals surface area contributed by atoms with Crippen LogP contribution in [0, 0.1) is 5.82 Å². The van der Waals surface area contributed by atoms with Gasteiger partial charge in [-0.25, -0.2) is 22.8 Å². The summed E-state index contributed by atoms with van der Waals surface area (Å²) < 4.78 is 80.5. The summed E-state index contributed by atoms with van der Waals surface area (Å²) in [6.45, 7) is -0.302. The van der Waals surface area contributed by atoms with E-state index < -0.39 is 45.6 Å². The quantitative estimate of drug-likeness (QED) is 0.198. The maximum Gasteiger partial charge on any atom is 0.416 e. The van der Waals surface area contributed by atoms with Gasteiger partial charge in [0.15, 0.2) is 0 Å². The highest BCUT2D eigenvalue weighted by atomic mass is 32.2. The molecule has 1 aromatic heterocycles. The van der Waals surface area contributed by atoms with Gasteiger partial charge >= 0.3 is 6.18 Å².